The Morgan fingerprint density at radius 1 is 0.956 bits per heavy atom. The second kappa shape index (κ2) is 12.3. The molecule has 0 bridgehead atoms. The van der Waals surface area contributed by atoms with Crippen LogP contribution in [0.25, 0.3) is 28.3 Å². The van der Waals surface area contributed by atoms with Gasteiger partial charge in [-0.25, -0.2) is 4.98 Å². The van der Waals surface area contributed by atoms with Gasteiger partial charge in [0.15, 0.2) is 17.1 Å². The highest BCUT2D eigenvalue weighted by Gasteiger charge is 2.31. The summed E-state index contributed by atoms with van der Waals surface area (Å²) in [7, 11) is 1.65. The van der Waals surface area contributed by atoms with Gasteiger partial charge in [0.2, 0.25) is 17.7 Å². The van der Waals surface area contributed by atoms with Crippen molar-refractivity contribution >= 4 is 34.2 Å². The van der Waals surface area contributed by atoms with E-state index in [1.807, 2.05) is 65.7 Å². The van der Waals surface area contributed by atoms with E-state index in [1.54, 1.807) is 30.2 Å². The number of benzene rings is 2. The molecule has 1 amide bonds. The third kappa shape index (κ3) is 5.77. The van der Waals surface area contributed by atoms with Crippen LogP contribution in [0.15, 0.2) is 83.6 Å². The number of hydrogen-bond donors (Lipinski definition) is 1. The molecule has 45 heavy (non-hydrogen) atoms. The Labute approximate surface area is 258 Å². The molecule has 13 heteroatoms. The molecule has 1 aliphatic rings. The van der Waals surface area contributed by atoms with Crippen molar-refractivity contribution < 1.29 is 18.7 Å². The van der Waals surface area contributed by atoms with E-state index in [9.17, 15) is 4.79 Å². The molecule has 0 radical (unpaired) electrons. The summed E-state index contributed by atoms with van der Waals surface area (Å²) in [6, 6.07) is 20.9. The SMILES string of the molecule is COCCOc1ccc(N2CCN(C(=O)C(Cc3ccccc3)n3cc4c(nc(N)n5nc(-c6ccco6)nc45)n3)CC2)cc1. The van der Waals surface area contributed by atoms with Gasteiger partial charge in [-0.2, -0.15) is 14.6 Å². The fraction of sp³-hybridized carbons (Fsp3) is 0.281. The maximum absolute atomic E-state index is 14.2. The van der Waals surface area contributed by atoms with E-state index >= 15 is 0 Å². The topological polar surface area (TPSA) is 142 Å². The minimum Gasteiger partial charge on any atom is -0.491 e. The molecule has 0 spiro atoms. The first-order chi connectivity index (χ1) is 22.1. The first kappa shape index (κ1) is 28.3. The summed E-state index contributed by atoms with van der Waals surface area (Å²) in [5.74, 6) is 1.84. The second-order valence-corrected chi connectivity index (χ2v) is 10.8. The molecule has 230 valence electrons. The number of nitrogens with zero attached hydrogens (tertiary/aromatic N) is 8. The number of carbonyl (C=O) groups is 1. The van der Waals surface area contributed by atoms with Crippen LogP contribution >= 0.6 is 0 Å². The number of piperazine rings is 1. The Balaban J connectivity index is 1.14. The number of aromatic nitrogens is 6. The van der Waals surface area contributed by atoms with Crippen molar-refractivity contribution in [2.45, 2.75) is 12.5 Å². The smallest absolute Gasteiger partial charge is 0.247 e. The molecule has 0 aliphatic carbocycles. The first-order valence-electron chi connectivity index (χ1n) is 14.8. The van der Waals surface area contributed by atoms with Gasteiger partial charge >= 0.3 is 0 Å². The maximum atomic E-state index is 14.2. The van der Waals surface area contributed by atoms with Gasteiger partial charge in [0.05, 0.1) is 18.3 Å². The van der Waals surface area contributed by atoms with Crippen LogP contribution in [0.3, 0.4) is 0 Å². The zero-order chi connectivity index (χ0) is 30.8. The standard InChI is InChI=1S/C32H33N9O4/c1-43-18-19-44-24-11-9-23(10-12-24)38-13-15-39(16-14-38)31(42)26(20-22-6-3-2-4-7-22)40-21-25-28(36-40)35-32(33)41-30(25)34-29(37-41)27-8-5-17-45-27/h2-12,17,21,26H,13-16,18-20H2,1H3,(H2,33,35,36). The lowest BCUT2D eigenvalue weighted by molar-refractivity contribution is -0.135. The van der Waals surface area contributed by atoms with Gasteiger partial charge in [-0.15, -0.1) is 5.10 Å². The Kier molecular flexibility index (Phi) is 7.74. The van der Waals surface area contributed by atoms with Crippen LogP contribution in [0.4, 0.5) is 11.6 Å². The van der Waals surface area contributed by atoms with Gasteiger partial charge in [-0.1, -0.05) is 30.3 Å². The Hall–Kier alpha value is -5.43. The summed E-state index contributed by atoms with van der Waals surface area (Å²) in [6.45, 7) is 3.64. The number of hydrogen-bond acceptors (Lipinski definition) is 10. The molecule has 1 fully saturated rings. The van der Waals surface area contributed by atoms with Crippen molar-refractivity contribution in [1.82, 2.24) is 34.3 Å². The average molecular weight is 608 g/mol. The van der Waals surface area contributed by atoms with Gasteiger partial charge in [-0.05, 0) is 42.0 Å². The van der Waals surface area contributed by atoms with Crippen molar-refractivity contribution in [3.05, 3.63) is 84.8 Å². The quantitative estimate of drug-likeness (QED) is 0.230. The molecule has 13 nitrogen and oxygen atoms in total. The summed E-state index contributed by atoms with van der Waals surface area (Å²) in [4.78, 5) is 27.6. The molecule has 1 unspecified atom stereocenters. The maximum Gasteiger partial charge on any atom is 0.247 e. The molecule has 5 heterocycles. The molecular formula is C32H33N9O4. The van der Waals surface area contributed by atoms with Crippen LogP contribution in [-0.2, 0) is 16.0 Å². The second-order valence-electron chi connectivity index (χ2n) is 10.8. The predicted molar refractivity (Wildman–Crippen MR) is 168 cm³/mol. The normalized spacial score (nSPS) is 14.3. The number of furan rings is 1. The van der Waals surface area contributed by atoms with E-state index in [4.69, 9.17) is 24.7 Å². The lowest BCUT2D eigenvalue weighted by atomic mass is 10.0. The molecule has 1 saturated heterocycles. The molecule has 2 N–H and O–H groups in total. The Morgan fingerprint density at radius 2 is 1.76 bits per heavy atom. The fourth-order valence-electron chi connectivity index (χ4n) is 5.62. The monoisotopic (exact) mass is 607 g/mol. The van der Waals surface area contributed by atoms with Crippen molar-refractivity contribution in [1.29, 1.82) is 0 Å². The number of amides is 1. The number of fused-ring (bicyclic) bond motifs is 3. The Morgan fingerprint density at radius 3 is 2.49 bits per heavy atom. The van der Waals surface area contributed by atoms with Gasteiger partial charge in [0.1, 0.15) is 18.4 Å². The van der Waals surface area contributed by atoms with Gasteiger partial charge in [0, 0.05) is 51.6 Å². The molecule has 4 aromatic heterocycles. The highest BCUT2D eigenvalue weighted by Crippen LogP contribution is 2.27. The van der Waals surface area contributed by atoms with E-state index < -0.39 is 6.04 Å². The molecule has 1 aliphatic heterocycles. The number of rotatable bonds is 10. The number of anilines is 2. The number of nitrogens with two attached hydrogens (primary N) is 1. The molecule has 6 aromatic rings. The summed E-state index contributed by atoms with van der Waals surface area (Å²) in [5, 5.41) is 9.87. The van der Waals surface area contributed by atoms with E-state index in [0.29, 0.717) is 74.1 Å². The van der Waals surface area contributed by atoms with Crippen molar-refractivity contribution in [3.8, 4) is 17.3 Å². The van der Waals surface area contributed by atoms with Crippen LogP contribution < -0.4 is 15.4 Å². The van der Waals surface area contributed by atoms with E-state index in [2.05, 4.69) is 20.0 Å². The first-order valence-corrected chi connectivity index (χ1v) is 14.8. The number of carbonyl (C=O) groups excluding carboxylic acids is 1. The lowest BCUT2D eigenvalue weighted by Gasteiger charge is -2.37. The minimum absolute atomic E-state index is 0.00469. The molecule has 0 saturated carbocycles. The zero-order valence-electron chi connectivity index (χ0n) is 24.8. The predicted octanol–water partition coefficient (Wildman–Crippen LogP) is 3.47. The third-order valence-electron chi connectivity index (χ3n) is 7.97. The zero-order valence-corrected chi connectivity index (χ0v) is 24.8. The average Bonchev–Trinajstić information content (AvgIpc) is 3.85. The van der Waals surface area contributed by atoms with Crippen molar-refractivity contribution in [3.63, 3.8) is 0 Å². The largest absolute Gasteiger partial charge is 0.491 e. The van der Waals surface area contributed by atoms with Crippen LogP contribution in [0.1, 0.15) is 11.6 Å². The van der Waals surface area contributed by atoms with Gasteiger partial charge in [-0.3, -0.25) is 9.48 Å². The van der Waals surface area contributed by atoms with E-state index in [0.717, 1.165) is 17.0 Å². The summed E-state index contributed by atoms with van der Waals surface area (Å²) in [5.41, 5.74) is 9.25. The lowest BCUT2D eigenvalue weighted by Crippen LogP contribution is -2.51. The van der Waals surface area contributed by atoms with Crippen LogP contribution in [0, 0.1) is 0 Å². The fourth-order valence-corrected chi connectivity index (χ4v) is 5.62. The molecule has 1 atom stereocenters. The van der Waals surface area contributed by atoms with Crippen LogP contribution in [0.5, 0.6) is 5.75 Å². The number of methoxy groups -OCH3 is 1. The van der Waals surface area contributed by atoms with Gasteiger partial charge < -0.3 is 29.4 Å². The van der Waals surface area contributed by atoms with E-state index in [-0.39, 0.29) is 11.9 Å². The van der Waals surface area contributed by atoms with E-state index in [1.165, 1.54) is 4.52 Å². The highest BCUT2D eigenvalue weighted by molar-refractivity contribution is 5.91. The highest BCUT2D eigenvalue weighted by atomic mass is 16.5. The molecular weight excluding hydrogens is 574 g/mol. The molecule has 7 rings (SSSR count). The summed E-state index contributed by atoms with van der Waals surface area (Å²) >= 11 is 0. The third-order valence-corrected chi connectivity index (χ3v) is 7.97. The van der Waals surface area contributed by atoms with Crippen LogP contribution in [0.2, 0.25) is 0 Å². The number of nitrogen functional groups attached to an aromatic ring is 1. The summed E-state index contributed by atoms with van der Waals surface area (Å²) in [6.07, 6.45) is 3.84. The Bertz CT molecular complexity index is 1890. The summed E-state index contributed by atoms with van der Waals surface area (Å²) < 4.78 is 19.4. The number of ether oxygens (including phenoxy) is 2. The van der Waals surface area contributed by atoms with Crippen molar-refractivity contribution in [2.75, 3.05) is 57.1 Å². The van der Waals surface area contributed by atoms with Gasteiger partial charge in [0.25, 0.3) is 0 Å². The minimum atomic E-state index is -0.592. The van der Waals surface area contributed by atoms with Crippen molar-refractivity contribution in [2.24, 2.45) is 0 Å². The van der Waals surface area contributed by atoms with Crippen LogP contribution in [-0.4, -0.2) is 86.7 Å². The molecule has 2 aromatic carbocycles.